The van der Waals surface area contributed by atoms with Gasteiger partial charge in [0.25, 0.3) is 0 Å². The topological polar surface area (TPSA) is 37.3 Å². The molecule has 0 atom stereocenters. The highest BCUT2D eigenvalue weighted by atomic mass is 16.4. The Morgan fingerprint density at radius 3 is 2.19 bits per heavy atom. The molecule has 0 amide bonds. The molecule has 0 saturated heterocycles. The molecule has 2 saturated carbocycles. The molecule has 2 heteroatoms. The van der Waals surface area contributed by atoms with Crippen molar-refractivity contribution in [2.24, 2.45) is 23.2 Å². The van der Waals surface area contributed by atoms with Crippen molar-refractivity contribution in [1.29, 1.82) is 0 Å². The summed E-state index contributed by atoms with van der Waals surface area (Å²) in [5.74, 6) is 1.67. The summed E-state index contributed by atoms with van der Waals surface area (Å²) in [4.78, 5) is 11.5. The molecule has 0 radical (unpaired) electrons. The van der Waals surface area contributed by atoms with Crippen LogP contribution in [0.25, 0.3) is 0 Å². The van der Waals surface area contributed by atoms with Gasteiger partial charge in [0.2, 0.25) is 0 Å². The number of hydrogen-bond donors (Lipinski definition) is 1. The van der Waals surface area contributed by atoms with E-state index in [2.05, 4.69) is 13.8 Å². The van der Waals surface area contributed by atoms with Gasteiger partial charge in [0.05, 0.1) is 5.41 Å². The Morgan fingerprint density at radius 1 is 1.25 bits per heavy atom. The summed E-state index contributed by atoms with van der Waals surface area (Å²) in [6.07, 6.45) is 7.56. The molecule has 0 unspecified atom stereocenters. The van der Waals surface area contributed by atoms with Gasteiger partial charge >= 0.3 is 5.97 Å². The molecule has 0 heterocycles. The van der Waals surface area contributed by atoms with Gasteiger partial charge in [-0.15, -0.1) is 0 Å². The molecule has 92 valence electrons. The van der Waals surface area contributed by atoms with E-state index in [1.807, 2.05) is 0 Å². The van der Waals surface area contributed by atoms with Gasteiger partial charge < -0.3 is 5.11 Å². The fourth-order valence-corrected chi connectivity index (χ4v) is 3.24. The van der Waals surface area contributed by atoms with Crippen molar-refractivity contribution in [3.05, 3.63) is 0 Å². The van der Waals surface area contributed by atoms with Crippen LogP contribution in [0.4, 0.5) is 0 Å². The summed E-state index contributed by atoms with van der Waals surface area (Å²) in [5.41, 5.74) is -0.355. The van der Waals surface area contributed by atoms with E-state index in [9.17, 15) is 9.90 Å². The first-order chi connectivity index (χ1) is 7.53. The van der Waals surface area contributed by atoms with E-state index < -0.39 is 5.97 Å². The smallest absolute Gasteiger partial charge is 0.309 e. The predicted octanol–water partition coefficient (Wildman–Crippen LogP) is 3.70. The highest BCUT2D eigenvalue weighted by Crippen LogP contribution is 2.49. The van der Waals surface area contributed by atoms with E-state index in [0.29, 0.717) is 5.92 Å². The van der Waals surface area contributed by atoms with Gasteiger partial charge in [-0.05, 0) is 49.9 Å². The van der Waals surface area contributed by atoms with Gasteiger partial charge in [0.1, 0.15) is 0 Å². The summed E-state index contributed by atoms with van der Waals surface area (Å²) >= 11 is 0. The molecule has 1 N–H and O–H groups in total. The van der Waals surface area contributed by atoms with Gasteiger partial charge in [-0.3, -0.25) is 4.79 Å². The van der Waals surface area contributed by atoms with Crippen molar-refractivity contribution in [3.8, 4) is 0 Å². The Balaban J connectivity index is 1.97. The van der Waals surface area contributed by atoms with Crippen molar-refractivity contribution >= 4 is 5.97 Å². The molecule has 2 nitrogen and oxygen atoms in total. The highest BCUT2D eigenvalue weighted by Gasteiger charge is 2.45. The van der Waals surface area contributed by atoms with Crippen molar-refractivity contribution in [2.45, 2.75) is 58.8 Å². The summed E-state index contributed by atoms with van der Waals surface area (Å²) in [6, 6.07) is 0. The molecule has 2 rings (SSSR count). The third-order valence-electron chi connectivity index (χ3n) is 4.76. The Bertz CT molecular complexity index is 258. The largest absolute Gasteiger partial charge is 0.481 e. The Kier molecular flexibility index (Phi) is 3.27. The van der Waals surface area contributed by atoms with Crippen LogP contribution in [0, 0.1) is 23.2 Å². The maximum Gasteiger partial charge on any atom is 0.309 e. The van der Waals surface area contributed by atoms with Crippen LogP contribution in [0.15, 0.2) is 0 Å². The van der Waals surface area contributed by atoms with Gasteiger partial charge in [-0.25, -0.2) is 0 Å². The van der Waals surface area contributed by atoms with E-state index in [4.69, 9.17) is 0 Å². The molecule has 0 bridgehead atoms. The van der Waals surface area contributed by atoms with Crippen LogP contribution in [0.1, 0.15) is 58.8 Å². The average molecular weight is 224 g/mol. The van der Waals surface area contributed by atoms with Crippen molar-refractivity contribution < 1.29 is 9.90 Å². The lowest BCUT2D eigenvalue weighted by Crippen LogP contribution is -2.36. The fraction of sp³-hybridized carbons (Fsp3) is 0.929. The van der Waals surface area contributed by atoms with E-state index in [-0.39, 0.29) is 5.41 Å². The summed E-state index contributed by atoms with van der Waals surface area (Å²) in [5, 5.41) is 9.49. The van der Waals surface area contributed by atoms with E-state index in [0.717, 1.165) is 43.9 Å². The minimum atomic E-state index is -0.526. The van der Waals surface area contributed by atoms with Crippen LogP contribution >= 0.6 is 0 Å². The van der Waals surface area contributed by atoms with Crippen LogP contribution in [0.5, 0.6) is 0 Å². The van der Waals surface area contributed by atoms with Gasteiger partial charge in [0, 0.05) is 0 Å². The van der Waals surface area contributed by atoms with Gasteiger partial charge in [0.15, 0.2) is 0 Å². The molecular weight excluding hydrogens is 200 g/mol. The monoisotopic (exact) mass is 224 g/mol. The zero-order chi connectivity index (χ0) is 11.8. The molecule has 16 heavy (non-hydrogen) atoms. The lowest BCUT2D eigenvalue weighted by Gasteiger charge is -2.38. The standard InChI is InChI=1S/C14H24O2/c1-10(2)12-5-7-14(8-6-12,13(15)16)9-11-3-4-11/h10-12H,3-9H2,1-2H3,(H,15,16). The lowest BCUT2D eigenvalue weighted by atomic mass is 9.66. The molecule has 2 fully saturated rings. The van der Waals surface area contributed by atoms with Crippen LogP contribution in [0.2, 0.25) is 0 Å². The second kappa shape index (κ2) is 4.38. The third-order valence-corrected chi connectivity index (χ3v) is 4.76. The van der Waals surface area contributed by atoms with Crippen LogP contribution in [-0.2, 0) is 4.79 Å². The highest BCUT2D eigenvalue weighted by molar-refractivity contribution is 5.74. The summed E-state index contributed by atoms with van der Waals surface area (Å²) < 4.78 is 0. The molecule has 0 aliphatic heterocycles. The van der Waals surface area contributed by atoms with Gasteiger partial charge in [-0.1, -0.05) is 26.7 Å². The van der Waals surface area contributed by atoms with Crippen molar-refractivity contribution in [1.82, 2.24) is 0 Å². The Morgan fingerprint density at radius 2 is 1.81 bits per heavy atom. The number of hydrogen-bond acceptors (Lipinski definition) is 1. The second-order valence-corrected chi connectivity index (χ2v) is 6.31. The summed E-state index contributed by atoms with van der Waals surface area (Å²) in [7, 11) is 0. The minimum absolute atomic E-state index is 0.355. The molecule has 2 aliphatic rings. The van der Waals surface area contributed by atoms with E-state index >= 15 is 0 Å². The Hall–Kier alpha value is -0.530. The number of carbonyl (C=O) groups is 1. The van der Waals surface area contributed by atoms with Gasteiger partial charge in [-0.2, -0.15) is 0 Å². The van der Waals surface area contributed by atoms with Crippen LogP contribution < -0.4 is 0 Å². The first kappa shape index (κ1) is 11.9. The maximum absolute atomic E-state index is 11.5. The average Bonchev–Trinajstić information content (AvgIpc) is 3.02. The molecule has 0 spiro atoms. The molecule has 0 aromatic heterocycles. The minimum Gasteiger partial charge on any atom is -0.481 e. The quantitative estimate of drug-likeness (QED) is 0.790. The SMILES string of the molecule is CC(C)C1CCC(CC2CC2)(C(=O)O)CC1. The van der Waals surface area contributed by atoms with E-state index in [1.54, 1.807) is 0 Å². The van der Waals surface area contributed by atoms with Crippen molar-refractivity contribution in [3.63, 3.8) is 0 Å². The number of rotatable bonds is 4. The van der Waals surface area contributed by atoms with Crippen molar-refractivity contribution in [2.75, 3.05) is 0 Å². The fourth-order valence-electron chi connectivity index (χ4n) is 3.24. The number of carboxylic acids is 1. The molecule has 0 aromatic carbocycles. The second-order valence-electron chi connectivity index (χ2n) is 6.31. The van der Waals surface area contributed by atoms with Crippen LogP contribution in [-0.4, -0.2) is 11.1 Å². The lowest BCUT2D eigenvalue weighted by molar-refractivity contribution is -0.152. The molecule has 2 aliphatic carbocycles. The first-order valence-corrected chi connectivity index (χ1v) is 6.77. The predicted molar refractivity (Wildman–Crippen MR) is 64.2 cm³/mol. The number of carboxylic acid groups (broad SMARTS) is 1. The normalized spacial score (nSPS) is 35.3. The maximum atomic E-state index is 11.5. The third kappa shape index (κ3) is 2.41. The summed E-state index contributed by atoms with van der Waals surface area (Å²) in [6.45, 7) is 4.53. The zero-order valence-corrected chi connectivity index (χ0v) is 10.5. The zero-order valence-electron chi connectivity index (χ0n) is 10.5. The Labute approximate surface area is 98.4 Å². The first-order valence-electron chi connectivity index (χ1n) is 6.77. The van der Waals surface area contributed by atoms with Crippen LogP contribution in [0.3, 0.4) is 0 Å². The van der Waals surface area contributed by atoms with E-state index in [1.165, 1.54) is 12.8 Å². The number of aliphatic carboxylic acids is 1. The molecule has 0 aromatic rings. The molecular formula is C14H24O2.